The number of aliphatic hydroxyl groups is 1. The Labute approximate surface area is 190 Å². The second kappa shape index (κ2) is 7.67. The first kappa shape index (κ1) is 22.9. The summed E-state index contributed by atoms with van der Waals surface area (Å²) in [7, 11) is -1.69. The van der Waals surface area contributed by atoms with E-state index in [-0.39, 0.29) is 0 Å². The smallest absolute Gasteiger partial charge is 0.226 e. The van der Waals surface area contributed by atoms with E-state index in [1.165, 1.54) is 5.56 Å². The molecule has 0 radical (unpaired) electrons. The van der Waals surface area contributed by atoms with Gasteiger partial charge in [-0.05, 0) is 43.0 Å². The van der Waals surface area contributed by atoms with Crippen LogP contribution >= 0.6 is 0 Å². The van der Waals surface area contributed by atoms with Crippen molar-refractivity contribution >= 4 is 10.0 Å². The third kappa shape index (κ3) is 3.75. The average molecular weight is 454 g/mol. The maximum atomic E-state index is 12.2. The van der Waals surface area contributed by atoms with Crippen LogP contribution < -0.4 is 5.14 Å². The van der Waals surface area contributed by atoms with Gasteiger partial charge >= 0.3 is 0 Å². The molecule has 1 aromatic carbocycles. The number of aromatic nitrogens is 1. The molecule has 0 spiro atoms. The molecule has 1 saturated heterocycles. The number of likely N-dealkylation sites (tertiary alicyclic amines) is 1. The second-order valence-corrected chi connectivity index (χ2v) is 11.8. The zero-order chi connectivity index (χ0) is 23.4. The van der Waals surface area contributed by atoms with Crippen molar-refractivity contribution < 1.29 is 13.5 Å². The van der Waals surface area contributed by atoms with Gasteiger partial charge in [-0.15, -0.1) is 0 Å². The summed E-state index contributed by atoms with van der Waals surface area (Å²) in [6.07, 6.45) is 4.16. The molecule has 0 amide bonds. The zero-order valence-corrected chi connectivity index (χ0v) is 19.9. The fraction of sp³-hybridized carbons (Fsp3) is 0.480. The maximum Gasteiger partial charge on any atom is 0.226 e. The average Bonchev–Trinajstić information content (AvgIpc) is 3.52. The zero-order valence-electron chi connectivity index (χ0n) is 19.1. The number of sulfonamides is 1. The number of rotatable bonds is 5. The van der Waals surface area contributed by atoms with Gasteiger partial charge in [0.1, 0.15) is 10.3 Å². The first-order chi connectivity index (χ1) is 14.9. The van der Waals surface area contributed by atoms with Crippen LogP contribution in [0.3, 0.4) is 0 Å². The first-order valence-corrected chi connectivity index (χ1v) is 12.5. The predicted octanol–water partition coefficient (Wildman–Crippen LogP) is 2.57. The van der Waals surface area contributed by atoms with Gasteiger partial charge in [0, 0.05) is 42.0 Å². The molecule has 7 heteroatoms. The van der Waals surface area contributed by atoms with Crippen LogP contribution in [0, 0.1) is 17.3 Å². The molecule has 3 N–H and O–H groups in total. The van der Waals surface area contributed by atoms with Gasteiger partial charge in [-0.1, -0.05) is 56.9 Å². The van der Waals surface area contributed by atoms with Crippen molar-refractivity contribution in [2.24, 2.45) is 10.6 Å². The Hall–Kier alpha value is -2.24. The van der Waals surface area contributed by atoms with Crippen molar-refractivity contribution in [2.45, 2.75) is 49.9 Å². The Morgan fingerprint density at radius 1 is 1.16 bits per heavy atom. The summed E-state index contributed by atoms with van der Waals surface area (Å²) in [5, 5.41) is 17.6. The molecule has 1 aliphatic carbocycles. The molecule has 4 rings (SSSR count). The molecule has 2 aliphatic rings. The minimum atomic E-state index is -3.73. The molecule has 2 aromatic rings. The molecule has 6 nitrogen and oxygen atoms in total. The van der Waals surface area contributed by atoms with E-state index < -0.39 is 25.8 Å². The molecule has 2 heterocycles. The van der Waals surface area contributed by atoms with Crippen LogP contribution in [-0.4, -0.2) is 48.3 Å². The molecule has 1 atom stereocenters. The summed E-state index contributed by atoms with van der Waals surface area (Å²) in [6.45, 7) is 7.84. The van der Waals surface area contributed by atoms with E-state index in [4.69, 9.17) is 5.14 Å². The highest BCUT2D eigenvalue weighted by atomic mass is 32.2. The minimum absolute atomic E-state index is 0.399. The fourth-order valence-electron chi connectivity index (χ4n) is 4.83. The lowest BCUT2D eigenvalue weighted by molar-refractivity contribution is -0.127. The Morgan fingerprint density at radius 2 is 1.78 bits per heavy atom. The largest absolute Gasteiger partial charge is 0.380 e. The topological polar surface area (TPSA) is 96.5 Å². The van der Waals surface area contributed by atoms with E-state index in [1.807, 2.05) is 25.2 Å². The normalized spacial score (nSPS) is 21.2. The minimum Gasteiger partial charge on any atom is -0.380 e. The highest BCUT2D eigenvalue weighted by Crippen LogP contribution is 2.50. The molecule has 0 bridgehead atoms. The molecule has 2 fully saturated rings. The monoisotopic (exact) mass is 453 g/mol. The van der Waals surface area contributed by atoms with Gasteiger partial charge < -0.3 is 10.0 Å². The second-order valence-electron chi connectivity index (χ2n) is 9.97. The van der Waals surface area contributed by atoms with Crippen molar-refractivity contribution in [2.75, 3.05) is 20.1 Å². The summed E-state index contributed by atoms with van der Waals surface area (Å²) < 4.78 is 22.5. The number of pyridine rings is 1. The van der Waals surface area contributed by atoms with Crippen LogP contribution in [0.25, 0.3) is 0 Å². The lowest BCUT2D eigenvalue weighted by Crippen LogP contribution is -2.63. The van der Waals surface area contributed by atoms with E-state index in [9.17, 15) is 13.5 Å². The van der Waals surface area contributed by atoms with E-state index in [0.717, 1.165) is 18.7 Å². The third-order valence-corrected chi connectivity index (χ3v) is 8.55. The van der Waals surface area contributed by atoms with Crippen molar-refractivity contribution in [3.05, 3.63) is 65.0 Å². The number of benzene rings is 1. The first-order valence-electron chi connectivity index (χ1n) is 10.9. The van der Waals surface area contributed by atoms with Gasteiger partial charge in [0.2, 0.25) is 10.0 Å². The highest BCUT2D eigenvalue weighted by molar-refractivity contribution is 7.91. The molecule has 32 heavy (non-hydrogen) atoms. The number of nitrogens with two attached hydrogens (primary N) is 1. The van der Waals surface area contributed by atoms with Gasteiger partial charge in [-0.25, -0.2) is 13.6 Å². The summed E-state index contributed by atoms with van der Waals surface area (Å²) in [6, 6.07) is 9.95. The summed E-state index contributed by atoms with van der Waals surface area (Å²) in [5.74, 6) is 6.19. The van der Waals surface area contributed by atoms with E-state index in [2.05, 4.69) is 54.6 Å². The van der Waals surface area contributed by atoms with Crippen molar-refractivity contribution in [3.8, 4) is 11.8 Å². The van der Waals surface area contributed by atoms with Gasteiger partial charge in [0.05, 0.1) is 0 Å². The van der Waals surface area contributed by atoms with E-state index >= 15 is 0 Å². The van der Waals surface area contributed by atoms with Crippen molar-refractivity contribution in [3.63, 3.8) is 0 Å². The van der Waals surface area contributed by atoms with Gasteiger partial charge in [-0.2, -0.15) is 0 Å². The standard InChI is InChI=1S/C25H31N3O3S/c1-18(2)20-5-7-21(8-6-20)25(29,23(3)16-28(4)17-23)22-13-19(14-27-15-22)9-10-24(11-12-24)32(26,30)31/h5-8,13-15,18,29H,11-12,16-17H2,1-4H3,(H2,26,30,31)/t25-/m0/s1. The number of nitrogens with zero attached hydrogens (tertiary/aromatic N) is 2. The Bertz CT molecular complexity index is 1180. The highest BCUT2D eigenvalue weighted by Gasteiger charge is 2.55. The summed E-state index contributed by atoms with van der Waals surface area (Å²) in [5.41, 5.74) is 1.56. The quantitative estimate of drug-likeness (QED) is 0.679. The van der Waals surface area contributed by atoms with Gasteiger partial charge in [0.15, 0.2) is 0 Å². The lowest BCUT2D eigenvalue weighted by atomic mass is 9.62. The number of primary sulfonamides is 1. The molecular formula is C25H31N3O3S. The van der Waals surface area contributed by atoms with E-state index in [1.54, 1.807) is 12.4 Å². The summed E-state index contributed by atoms with van der Waals surface area (Å²) >= 11 is 0. The molecule has 0 unspecified atom stereocenters. The van der Waals surface area contributed by atoms with Gasteiger partial charge in [-0.3, -0.25) is 4.98 Å². The molecule has 170 valence electrons. The molecule has 1 aliphatic heterocycles. The van der Waals surface area contributed by atoms with E-state index in [0.29, 0.717) is 29.9 Å². The van der Waals surface area contributed by atoms with Crippen LogP contribution in [0.2, 0.25) is 0 Å². The number of hydrogen-bond acceptors (Lipinski definition) is 5. The third-order valence-electron chi connectivity index (χ3n) is 6.95. The molecule has 1 saturated carbocycles. The SMILES string of the molecule is CC(C)c1ccc([C@](O)(c2cncc(C#CC3(S(N)(=O)=O)CC3)c2)C2(C)CN(C)C2)cc1. The van der Waals surface area contributed by atoms with Crippen molar-refractivity contribution in [1.82, 2.24) is 9.88 Å². The van der Waals surface area contributed by atoms with Crippen LogP contribution in [0.5, 0.6) is 0 Å². The van der Waals surface area contributed by atoms with Gasteiger partial charge in [0.25, 0.3) is 0 Å². The Balaban J connectivity index is 1.77. The van der Waals surface area contributed by atoms with Crippen LogP contribution in [-0.2, 0) is 15.6 Å². The van der Waals surface area contributed by atoms with Crippen molar-refractivity contribution in [1.29, 1.82) is 0 Å². The fourth-order valence-corrected chi connectivity index (χ4v) is 5.70. The number of hydrogen-bond donors (Lipinski definition) is 2. The Morgan fingerprint density at radius 3 is 2.28 bits per heavy atom. The van der Waals surface area contributed by atoms with Crippen LogP contribution in [0.4, 0.5) is 0 Å². The lowest BCUT2D eigenvalue weighted by Gasteiger charge is -2.55. The molecule has 1 aromatic heterocycles. The Kier molecular flexibility index (Phi) is 5.50. The van der Waals surface area contributed by atoms with Crippen LogP contribution in [0.1, 0.15) is 61.8 Å². The van der Waals surface area contributed by atoms with Crippen LogP contribution in [0.15, 0.2) is 42.7 Å². The predicted molar refractivity (Wildman–Crippen MR) is 125 cm³/mol. The molecular weight excluding hydrogens is 422 g/mol. The maximum absolute atomic E-state index is 12.2. The summed E-state index contributed by atoms with van der Waals surface area (Å²) in [4.78, 5) is 6.51.